The van der Waals surface area contributed by atoms with Gasteiger partial charge in [0.2, 0.25) is 0 Å². The van der Waals surface area contributed by atoms with Crippen LogP contribution < -0.4 is 19.5 Å². The normalized spacial score (nSPS) is 11.8. The van der Waals surface area contributed by atoms with Crippen molar-refractivity contribution in [1.29, 1.82) is 0 Å². The third-order valence-corrected chi connectivity index (χ3v) is 4.61. The zero-order valence-electron chi connectivity index (χ0n) is 18.6. The number of carbonyl (C=O) groups excluding carboxylic acids is 1. The van der Waals surface area contributed by atoms with E-state index < -0.39 is 6.10 Å². The number of hydrogen-bond donors (Lipinski definition) is 1. The smallest absolute Gasteiger partial charge is 0.252 e. The monoisotopic (exact) mass is 415 g/mol. The Hall–Kier alpha value is -2.73. The minimum absolute atomic E-state index is 0.0711. The summed E-state index contributed by atoms with van der Waals surface area (Å²) in [6.45, 7) is 6.68. The zero-order chi connectivity index (χ0) is 21.9. The van der Waals surface area contributed by atoms with Gasteiger partial charge in [0, 0.05) is 13.7 Å². The van der Waals surface area contributed by atoms with Crippen LogP contribution in [0.15, 0.2) is 42.5 Å². The van der Waals surface area contributed by atoms with Crippen LogP contribution in [-0.4, -0.2) is 45.5 Å². The van der Waals surface area contributed by atoms with Crippen molar-refractivity contribution < 1.29 is 23.7 Å². The van der Waals surface area contributed by atoms with Gasteiger partial charge in [-0.3, -0.25) is 4.79 Å². The van der Waals surface area contributed by atoms with Gasteiger partial charge in [-0.25, -0.2) is 0 Å². The lowest BCUT2D eigenvalue weighted by atomic mass is 10.1. The van der Waals surface area contributed by atoms with Gasteiger partial charge in [-0.1, -0.05) is 25.1 Å². The van der Waals surface area contributed by atoms with Crippen LogP contribution in [0.1, 0.15) is 31.9 Å². The zero-order valence-corrected chi connectivity index (χ0v) is 18.6. The standard InChI is InChI=1S/C24H33NO5/c1-6-18-7-10-20(11-8-18)29-16-23(28-5)24(26)25-14-13-19-9-12-21(30-17(2)3)22(15-19)27-4/h7-12,15,17,23H,6,13-14,16H2,1-5H3,(H,25,26). The second-order valence-corrected chi connectivity index (χ2v) is 7.23. The van der Waals surface area contributed by atoms with E-state index in [1.165, 1.54) is 12.7 Å². The Morgan fingerprint density at radius 2 is 1.70 bits per heavy atom. The van der Waals surface area contributed by atoms with E-state index in [0.29, 0.717) is 24.5 Å². The first-order chi connectivity index (χ1) is 14.5. The number of rotatable bonds is 12. The van der Waals surface area contributed by atoms with Gasteiger partial charge in [0.15, 0.2) is 17.6 Å². The Kier molecular flexibility index (Phi) is 9.48. The number of methoxy groups -OCH3 is 2. The molecule has 0 saturated carbocycles. The molecule has 2 aromatic rings. The van der Waals surface area contributed by atoms with Gasteiger partial charge in [0.05, 0.1) is 13.2 Å². The number of carbonyl (C=O) groups is 1. The maximum atomic E-state index is 12.4. The minimum Gasteiger partial charge on any atom is -0.493 e. The molecule has 2 rings (SSSR count). The molecule has 0 aromatic heterocycles. The molecular weight excluding hydrogens is 382 g/mol. The molecule has 0 spiro atoms. The maximum absolute atomic E-state index is 12.4. The number of aryl methyl sites for hydroxylation is 1. The molecule has 0 fully saturated rings. The van der Waals surface area contributed by atoms with Gasteiger partial charge in [-0.05, 0) is 62.1 Å². The highest BCUT2D eigenvalue weighted by atomic mass is 16.5. The summed E-state index contributed by atoms with van der Waals surface area (Å²) in [7, 11) is 3.12. The van der Waals surface area contributed by atoms with E-state index in [9.17, 15) is 4.79 Å². The molecule has 1 N–H and O–H groups in total. The van der Waals surface area contributed by atoms with Gasteiger partial charge in [0.1, 0.15) is 12.4 Å². The van der Waals surface area contributed by atoms with E-state index in [4.69, 9.17) is 18.9 Å². The first-order valence-electron chi connectivity index (χ1n) is 10.3. The minimum atomic E-state index is -0.674. The van der Waals surface area contributed by atoms with Crippen LogP contribution in [0.25, 0.3) is 0 Å². The van der Waals surface area contributed by atoms with E-state index in [2.05, 4.69) is 12.2 Å². The lowest BCUT2D eigenvalue weighted by molar-refractivity contribution is -0.132. The third kappa shape index (κ3) is 7.26. The highest BCUT2D eigenvalue weighted by Gasteiger charge is 2.18. The first-order valence-corrected chi connectivity index (χ1v) is 10.3. The number of nitrogens with one attached hydrogen (secondary N) is 1. The Bertz CT molecular complexity index is 789. The van der Waals surface area contributed by atoms with Crippen molar-refractivity contribution in [3.63, 3.8) is 0 Å². The lowest BCUT2D eigenvalue weighted by Gasteiger charge is -2.17. The molecule has 0 aliphatic heterocycles. The van der Waals surface area contributed by atoms with E-state index in [1.807, 2.05) is 56.3 Å². The third-order valence-electron chi connectivity index (χ3n) is 4.61. The predicted octanol–water partition coefficient (Wildman–Crippen LogP) is 3.80. The van der Waals surface area contributed by atoms with Crippen LogP contribution in [0, 0.1) is 0 Å². The summed E-state index contributed by atoms with van der Waals surface area (Å²) in [6.07, 6.45) is 1.04. The maximum Gasteiger partial charge on any atom is 0.252 e. The second kappa shape index (κ2) is 12.1. The van der Waals surface area contributed by atoms with E-state index in [1.54, 1.807) is 7.11 Å². The molecule has 164 valence electrons. The molecule has 0 heterocycles. The second-order valence-electron chi connectivity index (χ2n) is 7.23. The fraction of sp³-hybridized carbons (Fsp3) is 0.458. The molecule has 6 nitrogen and oxygen atoms in total. The summed E-state index contributed by atoms with van der Waals surface area (Å²) in [4.78, 5) is 12.4. The van der Waals surface area contributed by atoms with Gasteiger partial charge < -0.3 is 24.3 Å². The van der Waals surface area contributed by atoms with E-state index >= 15 is 0 Å². The SMILES string of the molecule is CCc1ccc(OCC(OC)C(=O)NCCc2ccc(OC(C)C)c(OC)c2)cc1. The average Bonchev–Trinajstić information content (AvgIpc) is 2.75. The molecule has 0 saturated heterocycles. The van der Waals surface area contributed by atoms with Crippen LogP contribution >= 0.6 is 0 Å². The molecule has 1 atom stereocenters. The van der Waals surface area contributed by atoms with Crippen molar-refractivity contribution in [2.75, 3.05) is 27.4 Å². The molecule has 0 aliphatic rings. The Morgan fingerprint density at radius 3 is 2.30 bits per heavy atom. The molecular formula is C24H33NO5. The summed E-state index contributed by atoms with van der Waals surface area (Å²) < 4.78 is 22.1. The lowest BCUT2D eigenvalue weighted by Crippen LogP contribution is -2.40. The van der Waals surface area contributed by atoms with E-state index in [0.717, 1.165) is 17.7 Å². The summed E-state index contributed by atoms with van der Waals surface area (Å²) in [5.41, 5.74) is 2.29. The number of benzene rings is 2. The van der Waals surface area contributed by atoms with Crippen molar-refractivity contribution in [3.8, 4) is 17.2 Å². The van der Waals surface area contributed by atoms with Crippen LogP contribution in [0.5, 0.6) is 17.2 Å². The van der Waals surface area contributed by atoms with E-state index in [-0.39, 0.29) is 18.6 Å². The molecule has 2 aromatic carbocycles. The summed E-state index contributed by atoms with van der Waals surface area (Å²) in [6, 6.07) is 13.6. The Morgan fingerprint density at radius 1 is 1.00 bits per heavy atom. The predicted molar refractivity (Wildman–Crippen MR) is 118 cm³/mol. The fourth-order valence-corrected chi connectivity index (χ4v) is 2.91. The summed E-state index contributed by atoms with van der Waals surface area (Å²) >= 11 is 0. The average molecular weight is 416 g/mol. The molecule has 6 heteroatoms. The highest BCUT2D eigenvalue weighted by Crippen LogP contribution is 2.29. The molecule has 0 aliphatic carbocycles. The Labute approximate surface area is 179 Å². The van der Waals surface area contributed by atoms with Crippen molar-refractivity contribution in [1.82, 2.24) is 5.32 Å². The molecule has 0 radical (unpaired) electrons. The van der Waals surface area contributed by atoms with Crippen LogP contribution in [0.4, 0.5) is 0 Å². The quantitative estimate of drug-likeness (QED) is 0.571. The number of hydrogen-bond acceptors (Lipinski definition) is 5. The molecule has 30 heavy (non-hydrogen) atoms. The van der Waals surface area contributed by atoms with Crippen molar-refractivity contribution in [3.05, 3.63) is 53.6 Å². The van der Waals surface area contributed by atoms with Crippen molar-refractivity contribution in [2.45, 2.75) is 45.8 Å². The molecule has 1 unspecified atom stereocenters. The van der Waals surface area contributed by atoms with Gasteiger partial charge in [0.25, 0.3) is 5.91 Å². The van der Waals surface area contributed by atoms with Gasteiger partial charge in [-0.2, -0.15) is 0 Å². The summed E-state index contributed by atoms with van der Waals surface area (Å²) in [5.74, 6) is 1.92. The van der Waals surface area contributed by atoms with Crippen molar-refractivity contribution >= 4 is 5.91 Å². The van der Waals surface area contributed by atoms with Gasteiger partial charge >= 0.3 is 0 Å². The Balaban J connectivity index is 1.82. The molecule has 1 amide bonds. The van der Waals surface area contributed by atoms with Crippen LogP contribution in [-0.2, 0) is 22.4 Å². The summed E-state index contributed by atoms with van der Waals surface area (Å²) in [5, 5.41) is 2.90. The topological polar surface area (TPSA) is 66.0 Å². The van der Waals surface area contributed by atoms with Crippen molar-refractivity contribution in [2.24, 2.45) is 0 Å². The first kappa shape index (κ1) is 23.5. The number of ether oxygens (including phenoxy) is 4. The van der Waals surface area contributed by atoms with Gasteiger partial charge in [-0.15, -0.1) is 0 Å². The number of amides is 1. The molecule has 0 bridgehead atoms. The van der Waals surface area contributed by atoms with Crippen LogP contribution in [0.2, 0.25) is 0 Å². The highest BCUT2D eigenvalue weighted by molar-refractivity contribution is 5.80. The van der Waals surface area contributed by atoms with Crippen LogP contribution in [0.3, 0.4) is 0 Å². The largest absolute Gasteiger partial charge is 0.493 e. The fourth-order valence-electron chi connectivity index (χ4n) is 2.91.